The summed E-state index contributed by atoms with van der Waals surface area (Å²) in [7, 11) is 0. The Hall–Kier alpha value is -0.820. The van der Waals surface area contributed by atoms with Crippen LogP contribution in [0.5, 0.6) is 0 Å². The van der Waals surface area contributed by atoms with Crippen LogP contribution in [-0.2, 0) is 0 Å². The minimum atomic E-state index is 0.464. The summed E-state index contributed by atoms with van der Waals surface area (Å²) in [5, 5.41) is 0.815. The van der Waals surface area contributed by atoms with Crippen molar-refractivity contribution in [2.45, 2.75) is 25.8 Å². The number of halogens is 1. The summed E-state index contributed by atoms with van der Waals surface area (Å²) in [6.07, 6.45) is 2.21. The quantitative estimate of drug-likeness (QED) is 0.649. The monoisotopic (exact) mass is 193 g/mol. The molecule has 0 fully saturated rings. The van der Waals surface area contributed by atoms with Gasteiger partial charge >= 0.3 is 0 Å². The molecule has 1 nitrogen and oxygen atoms in total. The maximum atomic E-state index is 6.07. The fraction of sp³-hybridized carbons (Fsp3) is 0.364. The summed E-state index contributed by atoms with van der Waals surface area (Å²) < 4.78 is 0. The molecule has 0 unspecified atom stereocenters. The van der Waals surface area contributed by atoms with E-state index in [1.807, 2.05) is 24.3 Å². The third-order valence-electron chi connectivity index (χ3n) is 2.36. The molecule has 2 rings (SSSR count). The van der Waals surface area contributed by atoms with Gasteiger partial charge in [0.25, 0.3) is 0 Å². The Balaban J connectivity index is 2.36. The van der Waals surface area contributed by atoms with E-state index in [1.165, 1.54) is 0 Å². The van der Waals surface area contributed by atoms with Crippen molar-refractivity contribution in [3.8, 4) is 0 Å². The van der Waals surface area contributed by atoms with Gasteiger partial charge in [-0.05, 0) is 25.8 Å². The second kappa shape index (κ2) is 3.51. The molecule has 0 aromatic heterocycles. The molecule has 0 radical (unpaired) electrons. The van der Waals surface area contributed by atoms with Crippen LogP contribution >= 0.6 is 11.6 Å². The van der Waals surface area contributed by atoms with E-state index >= 15 is 0 Å². The average molecular weight is 194 g/mol. The lowest BCUT2D eigenvalue weighted by molar-refractivity contribution is 0.739. The Morgan fingerprint density at radius 3 is 2.77 bits per heavy atom. The van der Waals surface area contributed by atoms with Gasteiger partial charge in [0.2, 0.25) is 0 Å². The van der Waals surface area contributed by atoms with Gasteiger partial charge in [0.15, 0.2) is 0 Å². The zero-order valence-corrected chi connectivity index (χ0v) is 8.38. The molecule has 2 heteroatoms. The molecule has 1 heterocycles. The minimum absolute atomic E-state index is 0.464. The Labute approximate surface area is 83.4 Å². The average Bonchev–Trinajstić information content (AvgIpc) is 2.53. The first kappa shape index (κ1) is 8.76. The van der Waals surface area contributed by atoms with Gasteiger partial charge in [-0.2, -0.15) is 0 Å². The van der Waals surface area contributed by atoms with Crippen molar-refractivity contribution in [1.82, 2.24) is 0 Å². The molecule has 1 atom stereocenters. The van der Waals surface area contributed by atoms with Crippen LogP contribution in [0.3, 0.4) is 0 Å². The van der Waals surface area contributed by atoms with Gasteiger partial charge in [-0.3, -0.25) is 4.99 Å². The first-order valence-electron chi connectivity index (χ1n) is 4.59. The van der Waals surface area contributed by atoms with Crippen molar-refractivity contribution in [3.63, 3.8) is 0 Å². The lowest BCUT2D eigenvalue weighted by Crippen LogP contribution is -1.96. The summed E-state index contributed by atoms with van der Waals surface area (Å²) in [5.74, 6) is 0. The van der Waals surface area contributed by atoms with Gasteiger partial charge in [-0.15, -0.1) is 0 Å². The number of aliphatic imine (C=N–C) groups is 1. The fourth-order valence-electron chi connectivity index (χ4n) is 1.64. The van der Waals surface area contributed by atoms with Crippen LogP contribution in [-0.4, -0.2) is 11.8 Å². The molecule has 0 N–H and O–H groups in total. The van der Waals surface area contributed by atoms with Crippen molar-refractivity contribution >= 4 is 17.3 Å². The largest absolute Gasteiger partial charge is 0.286 e. The zero-order chi connectivity index (χ0) is 9.26. The SMILES string of the molecule is C[C@@H]1CCC(c2ccccc2Cl)=N1. The van der Waals surface area contributed by atoms with E-state index in [2.05, 4.69) is 11.9 Å². The van der Waals surface area contributed by atoms with Crippen molar-refractivity contribution in [2.75, 3.05) is 0 Å². The smallest absolute Gasteiger partial charge is 0.0496 e. The number of benzene rings is 1. The standard InChI is InChI=1S/C11H12ClN/c1-8-6-7-11(13-8)9-4-2-3-5-10(9)12/h2-5,8H,6-7H2,1H3/t8-/m1/s1. The van der Waals surface area contributed by atoms with Gasteiger partial charge < -0.3 is 0 Å². The van der Waals surface area contributed by atoms with E-state index in [4.69, 9.17) is 11.6 Å². The van der Waals surface area contributed by atoms with Crippen molar-refractivity contribution < 1.29 is 0 Å². The number of hydrogen-bond acceptors (Lipinski definition) is 1. The van der Waals surface area contributed by atoms with Crippen molar-refractivity contribution in [2.24, 2.45) is 4.99 Å². The van der Waals surface area contributed by atoms with Gasteiger partial charge in [-0.25, -0.2) is 0 Å². The summed E-state index contributed by atoms with van der Waals surface area (Å²) in [6, 6.07) is 8.38. The third kappa shape index (κ3) is 1.75. The summed E-state index contributed by atoms with van der Waals surface area (Å²) in [4.78, 5) is 4.55. The van der Waals surface area contributed by atoms with E-state index in [0.29, 0.717) is 6.04 Å². The molecule has 0 saturated carbocycles. The highest BCUT2D eigenvalue weighted by atomic mass is 35.5. The zero-order valence-electron chi connectivity index (χ0n) is 7.63. The lowest BCUT2D eigenvalue weighted by Gasteiger charge is -2.01. The molecule has 1 aliphatic rings. The Morgan fingerprint density at radius 1 is 1.38 bits per heavy atom. The second-order valence-corrected chi connectivity index (χ2v) is 3.85. The van der Waals surface area contributed by atoms with Gasteiger partial charge in [-0.1, -0.05) is 29.8 Å². The van der Waals surface area contributed by atoms with Crippen molar-refractivity contribution in [1.29, 1.82) is 0 Å². The van der Waals surface area contributed by atoms with E-state index < -0.39 is 0 Å². The minimum Gasteiger partial charge on any atom is -0.286 e. The number of rotatable bonds is 1. The van der Waals surface area contributed by atoms with Crippen LogP contribution in [0, 0.1) is 0 Å². The maximum Gasteiger partial charge on any atom is 0.0496 e. The summed E-state index contributed by atoms with van der Waals surface area (Å²) >= 11 is 6.07. The Morgan fingerprint density at radius 2 is 2.15 bits per heavy atom. The molecule has 0 spiro atoms. The first-order valence-corrected chi connectivity index (χ1v) is 4.97. The highest BCUT2D eigenvalue weighted by molar-refractivity contribution is 6.34. The summed E-state index contributed by atoms with van der Waals surface area (Å²) in [6.45, 7) is 2.14. The predicted octanol–water partition coefficient (Wildman–Crippen LogP) is 3.31. The van der Waals surface area contributed by atoms with Crippen LogP contribution in [0.1, 0.15) is 25.3 Å². The predicted molar refractivity (Wildman–Crippen MR) is 56.7 cm³/mol. The van der Waals surface area contributed by atoms with Crippen LogP contribution in [0.2, 0.25) is 5.02 Å². The Kier molecular flexibility index (Phi) is 2.36. The molecule has 1 aromatic carbocycles. The number of hydrogen-bond donors (Lipinski definition) is 0. The van der Waals surface area contributed by atoms with Gasteiger partial charge in [0, 0.05) is 22.3 Å². The molecule has 0 amide bonds. The fourth-order valence-corrected chi connectivity index (χ4v) is 1.88. The molecule has 0 saturated heterocycles. The molecule has 1 aromatic rings. The molecule has 0 aliphatic carbocycles. The van der Waals surface area contributed by atoms with Crippen LogP contribution in [0.15, 0.2) is 29.3 Å². The normalized spacial score (nSPS) is 21.7. The highest BCUT2D eigenvalue weighted by Gasteiger charge is 2.15. The second-order valence-electron chi connectivity index (χ2n) is 3.44. The summed E-state index contributed by atoms with van der Waals surface area (Å²) in [5.41, 5.74) is 2.27. The van der Waals surface area contributed by atoms with E-state index in [9.17, 15) is 0 Å². The van der Waals surface area contributed by atoms with E-state index in [-0.39, 0.29) is 0 Å². The molecule has 68 valence electrons. The van der Waals surface area contributed by atoms with Crippen LogP contribution < -0.4 is 0 Å². The van der Waals surface area contributed by atoms with Gasteiger partial charge in [0.05, 0.1) is 0 Å². The Bertz CT molecular complexity index is 344. The van der Waals surface area contributed by atoms with E-state index in [1.54, 1.807) is 0 Å². The number of nitrogens with zero attached hydrogens (tertiary/aromatic N) is 1. The molecule has 1 aliphatic heterocycles. The molecule has 0 bridgehead atoms. The van der Waals surface area contributed by atoms with Crippen LogP contribution in [0.4, 0.5) is 0 Å². The first-order chi connectivity index (χ1) is 6.27. The van der Waals surface area contributed by atoms with Crippen LogP contribution in [0.25, 0.3) is 0 Å². The van der Waals surface area contributed by atoms with E-state index in [0.717, 1.165) is 29.1 Å². The van der Waals surface area contributed by atoms with Gasteiger partial charge in [0.1, 0.15) is 0 Å². The molecular weight excluding hydrogens is 182 g/mol. The maximum absolute atomic E-state index is 6.07. The lowest BCUT2D eigenvalue weighted by atomic mass is 10.1. The molecular formula is C11H12ClN. The third-order valence-corrected chi connectivity index (χ3v) is 2.69. The van der Waals surface area contributed by atoms with Crippen molar-refractivity contribution in [3.05, 3.63) is 34.9 Å². The molecule has 13 heavy (non-hydrogen) atoms. The topological polar surface area (TPSA) is 12.4 Å². The highest BCUT2D eigenvalue weighted by Crippen LogP contribution is 2.23.